The van der Waals surface area contributed by atoms with Gasteiger partial charge in [-0.3, -0.25) is 0 Å². The van der Waals surface area contributed by atoms with E-state index in [0.717, 1.165) is 6.07 Å². The quantitative estimate of drug-likeness (QED) is 0.864. The van der Waals surface area contributed by atoms with Crippen LogP contribution >= 0.6 is 0 Å². The van der Waals surface area contributed by atoms with Gasteiger partial charge in [-0.15, -0.1) is 13.2 Å². The van der Waals surface area contributed by atoms with Gasteiger partial charge in [0.05, 0.1) is 5.69 Å². The lowest BCUT2D eigenvalue weighted by atomic mass is 10.2. The molecule has 0 amide bonds. The minimum absolute atomic E-state index is 0.174. The Morgan fingerprint density at radius 3 is 2.24 bits per heavy atom. The van der Waals surface area contributed by atoms with Crippen LogP contribution in [0.15, 0.2) is 29.5 Å². The normalized spacial score (nSPS) is 9.76. The minimum Gasteiger partial charge on any atom is -0.404 e. The molecular weight excluding hydrogens is 285 g/mol. The topological polar surface area (TPSA) is 92.6 Å². The fourth-order valence-corrected chi connectivity index (χ4v) is 1.37. The van der Waals surface area contributed by atoms with Gasteiger partial charge < -0.3 is 10.1 Å². The number of alkyl halides is 3. The summed E-state index contributed by atoms with van der Waals surface area (Å²) in [5.74, 6) is -0.573. The lowest BCUT2D eigenvalue weighted by Crippen LogP contribution is -2.18. The molecule has 0 aromatic heterocycles. The number of halogens is 3. The highest BCUT2D eigenvalue weighted by atomic mass is 19.4. The molecule has 0 unspecified atom stereocenters. The molecule has 1 aromatic rings. The largest absolute Gasteiger partial charge is 0.573 e. The summed E-state index contributed by atoms with van der Waals surface area (Å²) in [6.07, 6.45) is -4.91. The first-order valence-electron chi connectivity index (χ1n) is 5.38. The van der Waals surface area contributed by atoms with Gasteiger partial charge in [0.2, 0.25) is 0 Å². The standard InChI is InChI=1S/C13H7F3N4O/c1-8-2-3-12(21-13(14,15)16)10(4-8)20-11(7-19)9(5-17)6-18/h2-4,20H,1H3. The van der Waals surface area contributed by atoms with Crippen molar-refractivity contribution in [2.24, 2.45) is 0 Å². The number of nitrogens with zero attached hydrogens (tertiary/aromatic N) is 3. The number of anilines is 1. The van der Waals surface area contributed by atoms with Crippen molar-refractivity contribution in [3.05, 3.63) is 35.0 Å². The SMILES string of the molecule is Cc1ccc(OC(F)(F)F)c(NC(C#N)=C(C#N)C#N)c1. The van der Waals surface area contributed by atoms with Crippen LogP contribution in [0.4, 0.5) is 18.9 Å². The summed E-state index contributed by atoms with van der Waals surface area (Å²) >= 11 is 0. The Morgan fingerprint density at radius 2 is 1.76 bits per heavy atom. The van der Waals surface area contributed by atoms with Crippen LogP contribution in [0, 0.1) is 40.9 Å². The molecule has 1 rings (SSSR count). The molecule has 0 saturated carbocycles. The Hall–Kier alpha value is -3.18. The lowest BCUT2D eigenvalue weighted by Gasteiger charge is -2.14. The highest BCUT2D eigenvalue weighted by Gasteiger charge is 2.32. The number of allylic oxidation sites excluding steroid dienone is 2. The van der Waals surface area contributed by atoms with E-state index >= 15 is 0 Å². The lowest BCUT2D eigenvalue weighted by molar-refractivity contribution is -0.274. The molecule has 0 aliphatic rings. The number of hydrogen-bond donors (Lipinski definition) is 1. The summed E-state index contributed by atoms with van der Waals surface area (Å²) in [5.41, 5.74) is -0.582. The van der Waals surface area contributed by atoms with Gasteiger partial charge in [0.15, 0.2) is 11.3 Å². The number of aryl methyl sites for hydroxylation is 1. The number of ether oxygens (including phenoxy) is 1. The minimum atomic E-state index is -4.91. The fourth-order valence-electron chi connectivity index (χ4n) is 1.37. The van der Waals surface area contributed by atoms with Gasteiger partial charge in [-0.05, 0) is 24.6 Å². The summed E-state index contributed by atoms with van der Waals surface area (Å²) in [6.45, 7) is 1.62. The zero-order valence-corrected chi connectivity index (χ0v) is 10.6. The van der Waals surface area contributed by atoms with E-state index in [4.69, 9.17) is 15.8 Å². The second kappa shape index (κ2) is 6.31. The maximum Gasteiger partial charge on any atom is 0.573 e. The van der Waals surface area contributed by atoms with Crippen LogP contribution in [0.1, 0.15) is 5.56 Å². The van der Waals surface area contributed by atoms with Gasteiger partial charge >= 0.3 is 6.36 Å². The number of nitrogens with one attached hydrogen (secondary N) is 1. The molecule has 0 aliphatic carbocycles. The molecule has 1 N–H and O–H groups in total. The molecule has 0 fully saturated rings. The molecular formula is C13H7F3N4O. The van der Waals surface area contributed by atoms with Crippen molar-refractivity contribution in [3.8, 4) is 24.0 Å². The van der Waals surface area contributed by atoms with Crippen LogP contribution in [0.25, 0.3) is 0 Å². The zero-order valence-electron chi connectivity index (χ0n) is 10.6. The van der Waals surface area contributed by atoms with Crippen molar-refractivity contribution in [3.63, 3.8) is 0 Å². The van der Waals surface area contributed by atoms with E-state index in [1.165, 1.54) is 24.3 Å². The Bertz CT molecular complexity index is 686. The molecule has 21 heavy (non-hydrogen) atoms. The van der Waals surface area contributed by atoms with E-state index < -0.39 is 23.4 Å². The van der Waals surface area contributed by atoms with E-state index in [0.29, 0.717) is 5.56 Å². The molecule has 0 aliphatic heterocycles. The summed E-state index contributed by atoms with van der Waals surface area (Å²) in [5, 5.41) is 28.6. The smallest absolute Gasteiger partial charge is 0.404 e. The first-order chi connectivity index (χ1) is 9.80. The van der Waals surface area contributed by atoms with Gasteiger partial charge in [-0.25, -0.2) is 0 Å². The van der Waals surface area contributed by atoms with Gasteiger partial charge in [-0.1, -0.05) is 6.07 Å². The van der Waals surface area contributed by atoms with Crippen molar-refractivity contribution in [2.75, 3.05) is 5.32 Å². The van der Waals surface area contributed by atoms with Crippen molar-refractivity contribution in [1.29, 1.82) is 15.8 Å². The van der Waals surface area contributed by atoms with Crippen molar-refractivity contribution >= 4 is 5.69 Å². The summed E-state index contributed by atoms with van der Waals surface area (Å²) in [7, 11) is 0. The van der Waals surface area contributed by atoms with Gasteiger partial charge in [-0.2, -0.15) is 15.8 Å². The third kappa shape index (κ3) is 4.45. The van der Waals surface area contributed by atoms with E-state index in [1.807, 2.05) is 0 Å². The fraction of sp³-hybridized carbons (Fsp3) is 0.154. The second-order valence-corrected chi connectivity index (χ2v) is 3.76. The third-order valence-electron chi connectivity index (χ3n) is 2.21. The van der Waals surface area contributed by atoms with Crippen LogP contribution in [0.2, 0.25) is 0 Å². The number of hydrogen-bond acceptors (Lipinski definition) is 5. The van der Waals surface area contributed by atoms with E-state index in [2.05, 4.69) is 10.1 Å². The van der Waals surface area contributed by atoms with Crippen molar-refractivity contribution in [2.45, 2.75) is 13.3 Å². The van der Waals surface area contributed by atoms with E-state index in [-0.39, 0.29) is 5.69 Å². The highest BCUT2D eigenvalue weighted by Crippen LogP contribution is 2.32. The Morgan fingerprint density at radius 1 is 1.14 bits per heavy atom. The number of benzene rings is 1. The predicted molar refractivity (Wildman–Crippen MR) is 65.3 cm³/mol. The van der Waals surface area contributed by atoms with Crippen LogP contribution in [-0.4, -0.2) is 6.36 Å². The molecule has 1 aromatic carbocycles. The highest BCUT2D eigenvalue weighted by molar-refractivity contribution is 5.65. The molecule has 106 valence electrons. The van der Waals surface area contributed by atoms with E-state index in [1.54, 1.807) is 13.0 Å². The number of nitriles is 3. The van der Waals surface area contributed by atoms with Crippen LogP contribution in [0.3, 0.4) is 0 Å². The molecule has 5 nitrogen and oxygen atoms in total. The molecule has 0 saturated heterocycles. The Balaban J connectivity index is 3.28. The Kier molecular flexibility index (Phi) is 4.77. The average Bonchev–Trinajstić information content (AvgIpc) is 2.40. The summed E-state index contributed by atoms with van der Waals surface area (Å²) < 4.78 is 40.7. The summed E-state index contributed by atoms with van der Waals surface area (Å²) in [4.78, 5) is 0. The predicted octanol–water partition coefficient (Wildman–Crippen LogP) is 3.13. The van der Waals surface area contributed by atoms with Gasteiger partial charge in [0.1, 0.15) is 23.9 Å². The molecule has 0 radical (unpaired) electrons. The van der Waals surface area contributed by atoms with Crippen molar-refractivity contribution < 1.29 is 17.9 Å². The van der Waals surface area contributed by atoms with E-state index in [9.17, 15) is 13.2 Å². The third-order valence-corrected chi connectivity index (χ3v) is 2.21. The molecule has 0 atom stereocenters. The first kappa shape index (κ1) is 15.9. The maximum absolute atomic E-state index is 12.3. The molecule has 0 heterocycles. The van der Waals surface area contributed by atoms with Gasteiger partial charge in [0.25, 0.3) is 0 Å². The van der Waals surface area contributed by atoms with Crippen LogP contribution in [-0.2, 0) is 0 Å². The molecule has 8 heteroatoms. The first-order valence-corrected chi connectivity index (χ1v) is 5.38. The van der Waals surface area contributed by atoms with Crippen molar-refractivity contribution in [1.82, 2.24) is 0 Å². The maximum atomic E-state index is 12.3. The van der Waals surface area contributed by atoms with Crippen LogP contribution in [0.5, 0.6) is 5.75 Å². The molecule has 0 bridgehead atoms. The average molecular weight is 292 g/mol. The Labute approximate surface area is 118 Å². The summed E-state index contributed by atoms with van der Waals surface area (Å²) in [6, 6.07) is 8.25. The zero-order chi connectivity index (χ0) is 16.0. The van der Waals surface area contributed by atoms with Crippen LogP contribution < -0.4 is 10.1 Å². The number of rotatable bonds is 3. The monoisotopic (exact) mass is 292 g/mol. The second-order valence-electron chi connectivity index (χ2n) is 3.76. The molecule has 0 spiro atoms. The van der Waals surface area contributed by atoms with Gasteiger partial charge in [0, 0.05) is 0 Å².